The zero-order valence-electron chi connectivity index (χ0n) is 11.9. The Labute approximate surface area is 114 Å². The van der Waals surface area contributed by atoms with E-state index in [0.717, 1.165) is 50.6 Å². The molecule has 0 aliphatic carbocycles. The monoisotopic (exact) mass is 267 g/mol. The zero-order chi connectivity index (χ0) is 13.7. The van der Waals surface area contributed by atoms with Gasteiger partial charge in [0.05, 0.1) is 6.61 Å². The molecule has 1 aromatic rings. The van der Waals surface area contributed by atoms with Gasteiger partial charge in [-0.05, 0) is 26.2 Å². The smallest absolute Gasteiger partial charge is 0.244 e. The minimum Gasteiger partial charge on any atom is -0.381 e. The van der Waals surface area contributed by atoms with E-state index in [9.17, 15) is 0 Å². The van der Waals surface area contributed by atoms with E-state index in [1.165, 1.54) is 0 Å². The summed E-state index contributed by atoms with van der Waals surface area (Å²) in [6.07, 6.45) is 4.01. The third kappa shape index (κ3) is 3.67. The van der Waals surface area contributed by atoms with Gasteiger partial charge in [-0.25, -0.2) is 0 Å². The topological polar surface area (TPSA) is 80.1 Å². The molecule has 0 aromatic carbocycles. The number of aromatic nitrogens is 3. The molecule has 108 valence electrons. The second-order valence-electron chi connectivity index (χ2n) is 5.18. The number of H-pyrrole nitrogens is 1. The number of anilines is 1. The summed E-state index contributed by atoms with van der Waals surface area (Å²) in [5, 5.41) is 7.29. The molecule has 6 heteroatoms. The quantitative estimate of drug-likeness (QED) is 0.754. The van der Waals surface area contributed by atoms with E-state index in [1.54, 1.807) is 0 Å². The van der Waals surface area contributed by atoms with E-state index in [1.807, 2.05) is 0 Å². The lowest BCUT2D eigenvalue weighted by Gasteiger charge is -2.36. The van der Waals surface area contributed by atoms with Gasteiger partial charge in [0.15, 0.2) is 0 Å². The Morgan fingerprint density at radius 3 is 3.11 bits per heavy atom. The van der Waals surface area contributed by atoms with Crippen molar-refractivity contribution in [2.24, 2.45) is 5.73 Å². The average molecular weight is 267 g/mol. The van der Waals surface area contributed by atoms with Crippen LogP contribution >= 0.6 is 0 Å². The number of hydrogen-bond donors (Lipinski definition) is 2. The van der Waals surface area contributed by atoms with Crippen molar-refractivity contribution in [3.63, 3.8) is 0 Å². The van der Waals surface area contributed by atoms with Crippen LogP contribution in [0, 0.1) is 0 Å². The fraction of sp³-hybridized carbons (Fsp3) is 0.846. The molecule has 0 radical (unpaired) electrons. The van der Waals surface area contributed by atoms with Crippen molar-refractivity contribution in [1.29, 1.82) is 0 Å². The second kappa shape index (κ2) is 6.86. The summed E-state index contributed by atoms with van der Waals surface area (Å²) in [7, 11) is 0. The normalized spacial score (nSPS) is 23.8. The van der Waals surface area contributed by atoms with Crippen LogP contribution in [0.2, 0.25) is 0 Å². The first-order chi connectivity index (χ1) is 9.22. The molecule has 0 saturated carbocycles. The number of ether oxygens (including phenoxy) is 1. The Hall–Kier alpha value is -1.14. The van der Waals surface area contributed by atoms with Crippen molar-refractivity contribution in [3.05, 3.63) is 5.82 Å². The molecule has 0 bridgehead atoms. The standard InChI is InChI=1S/C13H25N5O/c1-3-8-19-9-6-12-15-13(17-16-12)18-7-4-5-11(14)10(18)2/h10-11H,3-9,14H2,1-2H3,(H,15,16,17). The van der Waals surface area contributed by atoms with Crippen LogP contribution in [0.4, 0.5) is 5.95 Å². The van der Waals surface area contributed by atoms with Crippen LogP contribution in [0.1, 0.15) is 38.9 Å². The number of aromatic amines is 1. The fourth-order valence-electron chi connectivity index (χ4n) is 2.40. The van der Waals surface area contributed by atoms with Gasteiger partial charge in [0.25, 0.3) is 0 Å². The van der Waals surface area contributed by atoms with E-state index in [0.29, 0.717) is 12.6 Å². The maximum Gasteiger partial charge on any atom is 0.244 e. The highest BCUT2D eigenvalue weighted by molar-refractivity contribution is 5.32. The first-order valence-corrected chi connectivity index (χ1v) is 7.23. The predicted molar refractivity (Wildman–Crippen MR) is 75.2 cm³/mol. The molecule has 2 rings (SSSR count). The summed E-state index contributed by atoms with van der Waals surface area (Å²) in [5.41, 5.74) is 6.10. The Balaban J connectivity index is 1.89. The fourth-order valence-corrected chi connectivity index (χ4v) is 2.40. The lowest BCUT2D eigenvalue weighted by atomic mass is 9.99. The molecule has 19 heavy (non-hydrogen) atoms. The van der Waals surface area contributed by atoms with Gasteiger partial charge in [0.1, 0.15) is 5.82 Å². The summed E-state index contributed by atoms with van der Waals surface area (Å²) in [6.45, 7) is 6.73. The van der Waals surface area contributed by atoms with Crippen molar-refractivity contribution in [3.8, 4) is 0 Å². The van der Waals surface area contributed by atoms with Crippen molar-refractivity contribution in [2.45, 2.75) is 51.6 Å². The summed E-state index contributed by atoms with van der Waals surface area (Å²) in [4.78, 5) is 6.74. The van der Waals surface area contributed by atoms with Crippen LogP contribution in [-0.4, -0.2) is 47.0 Å². The third-order valence-corrected chi connectivity index (χ3v) is 3.66. The maximum atomic E-state index is 6.10. The van der Waals surface area contributed by atoms with Gasteiger partial charge in [-0.15, -0.1) is 5.10 Å². The maximum absolute atomic E-state index is 6.10. The van der Waals surface area contributed by atoms with Crippen LogP contribution in [0.15, 0.2) is 0 Å². The molecule has 1 aliphatic rings. The van der Waals surface area contributed by atoms with Crippen molar-refractivity contribution < 1.29 is 4.74 Å². The molecule has 0 amide bonds. The van der Waals surface area contributed by atoms with Crippen LogP contribution < -0.4 is 10.6 Å². The molecule has 3 N–H and O–H groups in total. The largest absolute Gasteiger partial charge is 0.381 e. The molecule has 1 fully saturated rings. The van der Waals surface area contributed by atoms with Crippen LogP contribution in [0.5, 0.6) is 0 Å². The van der Waals surface area contributed by atoms with E-state index >= 15 is 0 Å². The van der Waals surface area contributed by atoms with Gasteiger partial charge < -0.3 is 15.4 Å². The molecule has 2 heterocycles. The van der Waals surface area contributed by atoms with Crippen molar-refractivity contribution >= 4 is 5.95 Å². The van der Waals surface area contributed by atoms with Gasteiger partial charge in [0, 0.05) is 31.7 Å². The van der Waals surface area contributed by atoms with E-state index in [-0.39, 0.29) is 6.04 Å². The minimum atomic E-state index is 0.212. The second-order valence-corrected chi connectivity index (χ2v) is 5.18. The predicted octanol–water partition coefficient (Wildman–Crippen LogP) is 1.09. The lowest BCUT2D eigenvalue weighted by molar-refractivity contribution is 0.136. The first kappa shape index (κ1) is 14.3. The SMILES string of the molecule is CCCOCCc1nc(N2CCCC(N)C2C)n[nH]1. The zero-order valence-corrected chi connectivity index (χ0v) is 11.9. The minimum absolute atomic E-state index is 0.212. The summed E-state index contributed by atoms with van der Waals surface area (Å²) >= 11 is 0. The van der Waals surface area contributed by atoms with Crippen molar-refractivity contribution in [2.75, 3.05) is 24.7 Å². The molecule has 2 atom stereocenters. The Morgan fingerprint density at radius 2 is 2.32 bits per heavy atom. The Kier molecular flexibility index (Phi) is 5.15. The number of hydrogen-bond acceptors (Lipinski definition) is 5. The molecular formula is C13H25N5O. The first-order valence-electron chi connectivity index (χ1n) is 7.23. The summed E-state index contributed by atoms with van der Waals surface area (Å²) in [6, 6.07) is 0.511. The summed E-state index contributed by atoms with van der Waals surface area (Å²) < 4.78 is 5.46. The van der Waals surface area contributed by atoms with Gasteiger partial charge >= 0.3 is 0 Å². The average Bonchev–Trinajstić information content (AvgIpc) is 2.87. The number of rotatable bonds is 6. The van der Waals surface area contributed by atoms with Gasteiger partial charge in [-0.1, -0.05) is 6.92 Å². The van der Waals surface area contributed by atoms with Gasteiger partial charge in [0.2, 0.25) is 5.95 Å². The number of nitrogens with one attached hydrogen (secondary N) is 1. The number of piperidine rings is 1. The van der Waals surface area contributed by atoms with Crippen LogP contribution in [0.3, 0.4) is 0 Å². The highest BCUT2D eigenvalue weighted by Crippen LogP contribution is 2.20. The van der Waals surface area contributed by atoms with E-state index < -0.39 is 0 Å². The summed E-state index contributed by atoms with van der Waals surface area (Å²) in [5.74, 6) is 1.66. The highest BCUT2D eigenvalue weighted by atomic mass is 16.5. The molecular weight excluding hydrogens is 242 g/mol. The van der Waals surface area contributed by atoms with Crippen molar-refractivity contribution in [1.82, 2.24) is 15.2 Å². The van der Waals surface area contributed by atoms with Gasteiger partial charge in [-0.2, -0.15) is 4.98 Å². The Morgan fingerprint density at radius 1 is 1.47 bits per heavy atom. The molecule has 0 spiro atoms. The van der Waals surface area contributed by atoms with Crippen LogP contribution in [-0.2, 0) is 11.2 Å². The lowest BCUT2D eigenvalue weighted by Crippen LogP contribution is -2.51. The third-order valence-electron chi connectivity index (χ3n) is 3.66. The number of nitrogens with two attached hydrogens (primary N) is 1. The highest BCUT2D eigenvalue weighted by Gasteiger charge is 2.27. The molecule has 6 nitrogen and oxygen atoms in total. The molecule has 1 saturated heterocycles. The molecule has 1 aliphatic heterocycles. The van der Waals surface area contributed by atoms with E-state index in [2.05, 4.69) is 33.9 Å². The molecule has 2 unspecified atom stereocenters. The van der Waals surface area contributed by atoms with Crippen LogP contribution in [0.25, 0.3) is 0 Å². The number of nitrogens with zero attached hydrogens (tertiary/aromatic N) is 3. The van der Waals surface area contributed by atoms with E-state index in [4.69, 9.17) is 10.5 Å². The Bertz CT molecular complexity index is 381. The molecule has 1 aromatic heterocycles. The van der Waals surface area contributed by atoms with Gasteiger partial charge in [-0.3, -0.25) is 5.10 Å².